The highest BCUT2D eigenvalue weighted by molar-refractivity contribution is 9.10. The second kappa shape index (κ2) is 10.8. The molecule has 2 amide bonds. The largest absolute Gasteiger partial charge is 0.385 e. The van der Waals surface area contributed by atoms with Gasteiger partial charge in [-0.2, -0.15) is 0 Å². The Morgan fingerprint density at radius 3 is 2.87 bits per heavy atom. The van der Waals surface area contributed by atoms with Gasteiger partial charge >= 0.3 is 0 Å². The number of benzene rings is 1. The molecule has 0 spiro atoms. The molecule has 0 radical (unpaired) electrons. The van der Waals surface area contributed by atoms with Crippen LogP contribution in [0.25, 0.3) is 17.0 Å². The van der Waals surface area contributed by atoms with Gasteiger partial charge in [-0.15, -0.1) is 0 Å². The number of rotatable bonds is 9. The Kier molecular flexibility index (Phi) is 8.32. The fourth-order valence-electron chi connectivity index (χ4n) is 3.36. The van der Waals surface area contributed by atoms with Crippen molar-refractivity contribution in [3.8, 4) is 0 Å². The SMILES string of the molecule is COCCCNC(=O)Cn1cc(/C=C2\SC(=S)N(CC(C)C)C2=O)c2cc(Br)ccc21. The minimum absolute atomic E-state index is 0.0597. The summed E-state index contributed by atoms with van der Waals surface area (Å²) in [5.74, 6) is 0.211. The maximum atomic E-state index is 12.9. The van der Waals surface area contributed by atoms with Gasteiger partial charge in [0.2, 0.25) is 5.91 Å². The number of aromatic nitrogens is 1. The molecule has 0 atom stereocenters. The number of methoxy groups -OCH3 is 1. The van der Waals surface area contributed by atoms with Crippen molar-refractivity contribution in [1.29, 1.82) is 0 Å². The van der Waals surface area contributed by atoms with Crippen molar-refractivity contribution in [3.05, 3.63) is 39.3 Å². The second-order valence-electron chi connectivity index (χ2n) is 7.76. The smallest absolute Gasteiger partial charge is 0.266 e. The summed E-state index contributed by atoms with van der Waals surface area (Å²) in [6.07, 6.45) is 4.56. The van der Waals surface area contributed by atoms with Crippen LogP contribution in [0, 0.1) is 5.92 Å². The molecule has 2 heterocycles. The van der Waals surface area contributed by atoms with Gasteiger partial charge in [-0.3, -0.25) is 14.5 Å². The van der Waals surface area contributed by atoms with Crippen LogP contribution in [-0.4, -0.2) is 52.4 Å². The van der Waals surface area contributed by atoms with Crippen molar-refractivity contribution >= 4 is 73.0 Å². The van der Waals surface area contributed by atoms with Gasteiger partial charge in [-0.25, -0.2) is 0 Å². The topological polar surface area (TPSA) is 63.6 Å². The monoisotopic (exact) mass is 523 g/mol. The number of amides is 2. The summed E-state index contributed by atoms with van der Waals surface area (Å²) in [5, 5.41) is 3.88. The summed E-state index contributed by atoms with van der Waals surface area (Å²) in [6.45, 7) is 6.12. The number of ether oxygens (including phenoxy) is 1. The first-order valence-corrected chi connectivity index (χ1v) is 12.1. The molecular weight excluding hydrogens is 498 g/mol. The van der Waals surface area contributed by atoms with Crippen molar-refractivity contribution in [3.63, 3.8) is 0 Å². The van der Waals surface area contributed by atoms with E-state index in [1.54, 1.807) is 12.0 Å². The van der Waals surface area contributed by atoms with Gasteiger partial charge in [0, 0.05) is 53.9 Å². The number of halogens is 1. The van der Waals surface area contributed by atoms with Crippen LogP contribution in [0.1, 0.15) is 25.8 Å². The molecule has 1 aromatic heterocycles. The van der Waals surface area contributed by atoms with E-state index in [2.05, 4.69) is 35.1 Å². The van der Waals surface area contributed by atoms with Crippen LogP contribution in [0.2, 0.25) is 0 Å². The number of nitrogens with one attached hydrogen (secondary N) is 1. The van der Waals surface area contributed by atoms with Gasteiger partial charge in [0.05, 0.1) is 4.91 Å². The Bertz CT molecular complexity index is 1030. The molecule has 1 aliphatic heterocycles. The maximum absolute atomic E-state index is 12.9. The molecule has 3 rings (SSSR count). The first kappa shape index (κ1) is 24.0. The molecule has 2 aromatic rings. The average Bonchev–Trinajstić information content (AvgIpc) is 3.16. The number of thiocarbonyl (C=S) groups is 1. The molecule has 0 unspecified atom stereocenters. The lowest BCUT2D eigenvalue weighted by atomic mass is 10.1. The zero-order valence-corrected chi connectivity index (χ0v) is 21.0. The number of hydrogen-bond acceptors (Lipinski definition) is 5. The van der Waals surface area contributed by atoms with Crippen molar-refractivity contribution in [2.75, 3.05) is 26.8 Å². The highest BCUT2D eigenvalue weighted by Crippen LogP contribution is 2.35. The van der Waals surface area contributed by atoms with E-state index in [1.165, 1.54) is 11.8 Å². The highest BCUT2D eigenvalue weighted by atomic mass is 79.9. The van der Waals surface area contributed by atoms with E-state index in [-0.39, 0.29) is 18.4 Å². The van der Waals surface area contributed by atoms with Gasteiger partial charge in [-0.1, -0.05) is 53.8 Å². The summed E-state index contributed by atoms with van der Waals surface area (Å²) >= 11 is 10.3. The zero-order valence-electron chi connectivity index (χ0n) is 17.8. The minimum atomic E-state index is -0.0641. The van der Waals surface area contributed by atoms with Crippen LogP contribution in [0.5, 0.6) is 0 Å². The molecule has 1 fully saturated rings. The fraction of sp³-hybridized carbons (Fsp3) is 0.409. The Labute approximate surface area is 200 Å². The molecule has 0 bridgehead atoms. The Morgan fingerprint density at radius 1 is 1.39 bits per heavy atom. The molecule has 6 nitrogen and oxygen atoms in total. The average molecular weight is 525 g/mol. The first-order chi connectivity index (χ1) is 14.8. The maximum Gasteiger partial charge on any atom is 0.266 e. The van der Waals surface area contributed by atoms with Crippen LogP contribution >= 0.6 is 39.9 Å². The first-order valence-electron chi connectivity index (χ1n) is 10.1. The quantitative estimate of drug-likeness (QED) is 0.299. The number of fused-ring (bicyclic) bond motifs is 1. The Hall–Kier alpha value is -1.68. The van der Waals surface area contributed by atoms with E-state index in [4.69, 9.17) is 17.0 Å². The van der Waals surface area contributed by atoms with Crippen molar-refractivity contribution in [1.82, 2.24) is 14.8 Å². The van der Waals surface area contributed by atoms with Crippen molar-refractivity contribution < 1.29 is 14.3 Å². The molecule has 166 valence electrons. The van der Waals surface area contributed by atoms with E-state index in [0.29, 0.717) is 34.8 Å². The van der Waals surface area contributed by atoms with E-state index in [1.807, 2.05) is 35.0 Å². The number of hydrogen-bond donors (Lipinski definition) is 1. The lowest BCUT2D eigenvalue weighted by Gasteiger charge is -2.16. The van der Waals surface area contributed by atoms with E-state index >= 15 is 0 Å². The van der Waals surface area contributed by atoms with Crippen LogP contribution in [0.4, 0.5) is 0 Å². The lowest BCUT2D eigenvalue weighted by molar-refractivity contribution is -0.123. The third-order valence-corrected chi connectivity index (χ3v) is 6.61. The van der Waals surface area contributed by atoms with Crippen LogP contribution in [0.15, 0.2) is 33.8 Å². The lowest BCUT2D eigenvalue weighted by Crippen LogP contribution is -2.31. The van der Waals surface area contributed by atoms with E-state index < -0.39 is 0 Å². The fourth-order valence-corrected chi connectivity index (χ4v) is 4.99. The van der Waals surface area contributed by atoms with E-state index in [0.717, 1.165) is 27.4 Å². The molecule has 0 saturated carbocycles. The molecule has 9 heteroatoms. The molecule has 1 saturated heterocycles. The van der Waals surface area contributed by atoms with Crippen LogP contribution in [0.3, 0.4) is 0 Å². The summed E-state index contributed by atoms with van der Waals surface area (Å²) in [4.78, 5) is 27.5. The Morgan fingerprint density at radius 2 is 2.16 bits per heavy atom. The zero-order chi connectivity index (χ0) is 22.5. The minimum Gasteiger partial charge on any atom is -0.385 e. The molecule has 1 aromatic carbocycles. The number of nitrogens with zero attached hydrogens (tertiary/aromatic N) is 2. The predicted octanol–water partition coefficient (Wildman–Crippen LogP) is 4.41. The third-order valence-electron chi connectivity index (χ3n) is 4.74. The number of carbonyl (C=O) groups is 2. The van der Waals surface area contributed by atoms with Gasteiger partial charge in [0.25, 0.3) is 5.91 Å². The Balaban J connectivity index is 1.87. The molecule has 1 aliphatic rings. The molecule has 1 N–H and O–H groups in total. The summed E-state index contributed by atoms with van der Waals surface area (Å²) in [6, 6.07) is 5.92. The molecule has 0 aliphatic carbocycles. The number of carbonyl (C=O) groups excluding carboxylic acids is 2. The highest BCUT2D eigenvalue weighted by Gasteiger charge is 2.32. The van der Waals surface area contributed by atoms with Gasteiger partial charge in [0.15, 0.2) is 0 Å². The molecule has 31 heavy (non-hydrogen) atoms. The normalized spacial score (nSPS) is 15.6. The second-order valence-corrected chi connectivity index (χ2v) is 10.3. The van der Waals surface area contributed by atoms with E-state index in [9.17, 15) is 9.59 Å². The van der Waals surface area contributed by atoms with Gasteiger partial charge < -0.3 is 14.6 Å². The van der Waals surface area contributed by atoms with Crippen LogP contribution in [-0.2, 0) is 20.9 Å². The summed E-state index contributed by atoms with van der Waals surface area (Å²) in [7, 11) is 1.64. The number of thioether (sulfide) groups is 1. The van der Waals surface area contributed by atoms with Crippen molar-refractivity contribution in [2.24, 2.45) is 5.92 Å². The summed E-state index contributed by atoms with van der Waals surface area (Å²) < 4.78 is 8.45. The van der Waals surface area contributed by atoms with Gasteiger partial charge in [-0.05, 0) is 36.6 Å². The van der Waals surface area contributed by atoms with Gasteiger partial charge in [0.1, 0.15) is 10.9 Å². The molecular formula is C22H26BrN3O3S2. The van der Waals surface area contributed by atoms with Crippen molar-refractivity contribution in [2.45, 2.75) is 26.8 Å². The summed E-state index contributed by atoms with van der Waals surface area (Å²) in [5.41, 5.74) is 1.81. The van der Waals surface area contributed by atoms with Crippen LogP contribution < -0.4 is 5.32 Å². The standard InChI is InChI=1S/C22H26BrN3O3S2/c1-14(2)11-26-21(28)19(31-22(26)30)9-15-12-25(13-20(27)24-7-4-8-29-3)18-6-5-16(23)10-17(15)18/h5-6,9-10,12,14H,4,7-8,11,13H2,1-3H3,(H,24,27)/b19-9-. The third kappa shape index (κ3) is 5.97. The predicted molar refractivity (Wildman–Crippen MR) is 134 cm³/mol.